The van der Waals surface area contributed by atoms with Crippen LogP contribution in [0.15, 0.2) is 446 Å². The summed E-state index contributed by atoms with van der Waals surface area (Å²) in [6.45, 7) is 0. The van der Waals surface area contributed by atoms with Crippen LogP contribution < -0.4 is 0 Å². The predicted molar refractivity (Wildman–Crippen MR) is 525 cm³/mol. The van der Waals surface area contributed by atoms with Crippen molar-refractivity contribution in [2.75, 3.05) is 0 Å². The van der Waals surface area contributed by atoms with Crippen LogP contribution in [0.2, 0.25) is 0 Å². The van der Waals surface area contributed by atoms with E-state index in [1.54, 1.807) is 62.0 Å². The number of furan rings is 3. The van der Waals surface area contributed by atoms with E-state index in [0.29, 0.717) is 23.4 Å². The fourth-order valence-corrected chi connectivity index (χ4v) is 17.9. The Bertz CT molecular complexity index is 8290. The zero-order valence-electron chi connectivity index (χ0n) is 70.4. The summed E-state index contributed by atoms with van der Waals surface area (Å²) in [5.41, 5.74) is 26.4. The maximum Gasteiger partial charge on any atom is 0.238 e. The lowest BCUT2D eigenvalue weighted by molar-refractivity contribution is 0.635. The molecule has 0 amide bonds. The molecule has 0 aliphatic rings. The minimum atomic E-state index is 0.522. The van der Waals surface area contributed by atoms with Crippen molar-refractivity contribution in [1.82, 2.24) is 73.5 Å². The van der Waals surface area contributed by atoms with E-state index in [4.69, 9.17) is 43.2 Å². The molecule has 0 N–H and O–H groups in total. The molecule has 15 aromatic heterocycles. The number of nitrogens with zero attached hydrogens (tertiary/aromatic N) is 15. The second-order valence-electron chi connectivity index (χ2n) is 32.0. The van der Waals surface area contributed by atoms with Crippen LogP contribution in [0.3, 0.4) is 0 Å². The van der Waals surface area contributed by atoms with Gasteiger partial charge in [0.15, 0.2) is 17.5 Å². The first-order chi connectivity index (χ1) is 65.4. The van der Waals surface area contributed by atoms with Gasteiger partial charge in [-0.1, -0.05) is 170 Å². The SMILES string of the molecule is c1ccc(-c2cc3ccc4c(c5ccccc5n4-c4cccc(-c5cc(-c6ccncc6)cc(-c6ccncc6)n5)c4)c3o2)cc1.c1ccc(-c2cc3ccc4c(c5ccccc5n4-c4cccc(-c5nc(-c6ccncc6)cc(-c6ccncc6)n5)c4)c3o2)cc1.c1ccc(-c2cc3ccc4c(c5ccccc5n4-c4nc(-c5ccncc5)nc(-c5ccncc5)n4)c3o2)cc1. The molecule has 0 radical (unpaired) electrons. The smallest absolute Gasteiger partial charge is 0.238 e. The van der Waals surface area contributed by atoms with E-state index < -0.39 is 0 Å². The molecule has 26 rings (SSSR count). The average Bonchev–Trinajstić information content (AvgIpc) is 1.58. The van der Waals surface area contributed by atoms with Crippen molar-refractivity contribution in [3.63, 3.8) is 0 Å². The van der Waals surface area contributed by atoms with Crippen LogP contribution in [0, 0.1) is 0 Å². The van der Waals surface area contributed by atoms with Crippen LogP contribution in [-0.2, 0) is 0 Å². The molecular formula is C114H71N15O3. The summed E-state index contributed by atoms with van der Waals surface area (Å²) in [5, 5.41) is 9.78. The highest BCUT2D eigenvalue weighted by Gasteiger charge is 2.26. The van der Waals surface area contributed by atoms with E-state index >= 15 is 0 Å². The van der Waals surface area contributed by atoms with Gasteiger partial charge in [-0.2, -0.15) is 9.97 Å². The Hall–Kier alpha value is -18.4. The maximum atomic E-state index is 6.60. The fourth-order valence-electron chi connectivity index (χ4n) is 17.9. The van der Waals surface area contributed by atoms with Crippen molar-refractivity contribution in [1.29, 1.82) is 0 Å². The van der Waals surface area contributed by atoms with Gasteiger partial charge >= 0.3 is 0 Å². The lowest BCUT2D eigenvalue weighted by atomic mass is 10.0. The van der Waals surface area contributed by atoms with Gasteiger partial charge in [0, 0.05) is 174 Å². The average molecular weight is 1700 g/mol. The molecule has 18 heteroatoms. The highest BCUT2D eigenvalue weighted by Crippen LogP contribution is 2.46. The molecule has 0 saturated heterocycles. The topological polar surface area (TPSA) is 209 Å². The van der Waals surface area contributed by atoms with E-state index in [9.17, 15) is 0 Å². The molecule has 0 aliphatic heterocycles. The van der Waals surface area contributed by atoms with Gasteiger partial charge in [-0.05, 0) is 199 Å². The Morgan fingerprint density at radius 3 is 0.894 bits per heavy atom. The van der Waals surface area contributed by atoms with Crippen LogP contribution in [0.1, 0.15) is 0 Å². The van der Waals surface area contributed by atoms with Crippen LogP contribution in [0.4, 0.5) is 0 Å². The molecule has 0 bridgehead atoms. The van der Waals surface area contributed by atoms with Crippen LogP contribution in [0.25, 0.3) is 240 Å². The fraction of sp³-hybridized carbons (Fsp3) is 0. The van der Waals surface area contributed by atoms with E-state index in [1.165, 1.54) is 0 Å². The second kappa shape index (κ2) is 33.2. The number of aromatic nitrogens is 15. The van der Waals surface area contributed by atoms with Gasteiger partial charge in [-0.15, -0.1) is 0 Å². The maximum absolute atomic E-state index is 6.60. The van der Waals surface area contributed by atoms with Crippen molar-refractivity contribution < 1.29 is 13.3 Å². The van der Waals surface area contributed by atoms with E-state index in [2.05, 4.69) is 256 Å². The number of pyridine rings is 7. The monoisotopic (exact) mass is 1700 g/mol. The largest absolute Gasteiger partial charge is 0.455 e. The summed E-state index contributed by atoms with van der Waals surface area (Å²) in [4.78, 5) is 55.2. The van der Waals surface area contributed by atoms with Gasteiger partial charge in [-0.3, -0.25) is 34.5 Å². The van der Waals surface area contributed by atoms with Gasteiger partial charge < -0.3 is 22.4 Å². The van der Waals surface area contributed by atoms with E-state index in [-0.39, 0.29) is 0 Å². The molecule has 18 nitrogen and oxygen atoms in total. The Kier molecular flexibility index (Phi) is 19.4. The van der Waals surface area contributed by atoms with Gasteiger partial charge in [0.2, 0.25) is 5.95 Å². The molecule has 11 aromatic carbocycles. The predicted octanol–water partition coefficient (Wildman–Crippen LogP) is 27.7. The minimum absolute atomic E-state index is 0.522. The molecule has 0 saturated carbocycles. The van der Waals surface area contributed by atoms with Crippen LogP contribution >= 0.6 is 0 Å². The Morgan fingerprint density at radius 2 is 0.492 bits per heavy atom. The summed E-state index contributed by atoms with van der Waals surface area (Å²) < 4.78 is 26.4. The Labute approximate surface area is 754 Å². The zero-order chi connectivity index (χ0) is 87.4. The minimum Gasteiger partial charge on any atom is -0.455 e. The second-order valence-corrected chi connectivity index (χ2v) is 32.0. The number of hydrogen-bond acceptors (Lipinski definition) is 15. The lowest BCUT2D eigenvalue weighted by Crippen LogP contribution is -2.06. The van der Waals surface area contributed by atoms with Crippen molar-refractivity contribution in [2.45, 2.75) is 0 Å². The molecule has 15 heterocycles. The molecule has 620 valence electrons. The van der Waals surface area contributed by atoms with Crippen molar-refractivity contribution in [2.24, 2.45) is 0 Å². The summed E-state index contributed by atoms with van der Waals surface area (Å²) in [6, 6.07) is 122. The number of rotatable bonds is 14. The standard InChI is InChI=1S/C41H26N4O.C40H25N5O.C33H20N6O/c1-2-7-29(8-3-1)39-26-31-13-14-38-40(41(31)46-39)34-11-4-5-12-37(34)45(38)33-10-6-9-30(23-33)36-25-32(27-15-19-42-20-16-27)24-35(44-36)28-17-21-43-22-18-28;1-2-7-28(8-3-1)37-24-29-13-14-36-38(39(29)46-37)32-11-4-5-12-35(32)45(36)31-10-6-9-30(23-31)40-43-33(26-15-19-41-20-16-26)25-34(44-40)27-17-21-42-22-18-27;1-2-6-21(7-3-1)28-20-24-10-11-27-29(30(24)40-28)25-8-4-5-9-26(25)39(27)33-37-31(22-12-16-34-17-13-22)36-32(38-33)23-14-18-35-19-15-23/h1-26H;1-25H;1-20H. The zero-order valence-corrected chi connectivity index (χ0v) is 70.4. The lowest BCUT2D eigenvalue weighted by Gasteiger charge is -2.12. The van der Waals surface area contributed by atoms with Crippen LogP contribution in [0.5, 0.6) is 0 Å². The summed E-state index contributed by atoms with van der Waals surface area (Å²) in [5.74, 6) is 4.86. The van der Waals surface area contributed by atoms with E-state index in [1.807, 2.05) is 158 Å². The van der Waals surface area contributed by atoms with Gasteiger partial charge in [-0.25, -0.2) is 19.9 Å². The molecule has 0 atom stereocenters. The normalized spacial score (nSPS) is 11.5. The van der Waals surface area contributed by atoms with Gasteiger partial charge in [0.1, 0.15) is 34.0 Å². The highest BCUT2D eigenvalue weighted by molar-refractivity contribution is 6.22. The molecule has 0 unspecified atom stereocenters. The summed E-state index contributed by atoms with van der Waals surface area (Å²) >= 11 is 0. The third-order valence-electron chi connectivity index (χ3n) is 24.1. The number of fused-ring (bicyclic) bond motifs is 15. The first kappa shape index (κ1) is 77.2. The number of para-hydroxylation sites is 3. The molecule has 0 spiro atoms. The molecule has 0 aliphatic carbocycles. The molecule has 0 fully saturated rings. The summed E-state index contributed by atoms with van der Waals surface area (Å²) in [7, 11) is 0. The van der Waals surface area contributed by atoms with Gasteiger partial charge in [0.05, 0.1) is 72.0 Å². The molecular weight excluding hydrogens is 1630 g/mol. The quantitative estimate of drug-likeness (QED) is 0.0991. The van der Waals surface area contributed by atoms with Crippen molar-refractivity contribution in [3.05, 3.63) is 432 Å². The molecule has 132 heavy (non-hydrogen) atoms. The van der Waals surface area contributed by atoms with Gasteiger partial charge in [0.25, 0.3) is 0 Å². The first-order valence-corrected chi connectivity index (χ1v) is 43.3. The Morgan fingerprint density at radius 1 is 0.182 bits per heavy atom. The summed E-state index contributed by atoms with van der Waals surface area (Å²) in [6.07, 6.45) is 21.3. The molecule has 26 aromatic rings. The number of benzene rings is 11. The van der Waals surface area contributed by atoms with Crippen LogP contribution in [-0.4, -0.2) is 73.5 Å². The third-order valence-corrected chi connectivity index (χ3v) is 24.1. The first-order valence-electron chi connectivity index (χ1n) is 43.3. The van der Waals surface area contributed by atoms with Crippen molar-refractivity contribution in [3.8, 4) is 142 Å². The number of hydrogen-bond donors (Lipinski definition) is 0. The van der Waals surface area contributed by atoms with E-state index in [0.717, 1.165) is 217 Å². The van der Waals surface area contributed by atoms with Crippen molar-refractivity contribution >= 4 is 98.3 Å². The Balaban J connectivity index is 0.000000110. The third kappa shape index (κ3) is 14.2. The highest BCUT2D eigenvalue weighted by atomic mass is 16.3.